The Morgan fingerprint density at radius 2 is 1.54 bits per heavy atom. The van der Waals surface area contributed by atoms with Gasteiger partial charge in [0.05, 0.1) is 16.6 Å². The largest absolute Gasteiger partial charge is 0.416 e. The van der Waals surface area contributed by atoms with Crippen molar-refractivity contribution in [1.82, 2.24) is 14.1 Å². The zero-order valence-corrected chi connectivity index (χ0v) is 12.8. The van der Waals surface area contributed by atoms with E-state index in [4.69, 9.17) is 0 Å². The summed E-state index contributed by atoms with van der Waals surface area (Å²) in [7, 11) is 2.85. The highest BCUT2D eigenvalue weighted by molar-refractivity contribution is 5.77. The lowest BCUT2D eigenvalue weighted by Gasteiger charge is -2.10. The summed E-state index contributed by atoms with van der Waals surface area (Å²) in [5, 5.41) is 0.260. The van der Waals surface area contributed by atoms with Crippen LogP contribution in [0.1, 0.15) is 5.56 Å². The molecule has 8 heteroatoms. The smallest absolute Gasteiger partial charge is 0.280 e. The Hall–Kier alpha value is -2.90. The van der Waals surface area contributed by atoms with Gasteiger partial charge in [0.2, 0.25) is 0 Å². The number of pyridine rings is 1. The summed E-state index contributed by atoms with van der Waals surface area (Å²) in [5.41, 5.74) is -0.740. The molecule has 0 atom stereocenters. The summed E-state index contributed by atoms with van der Waals surface area (Å²) >= 11 is 0. The van der Waals surface area contributed by atoms with Crippen molar-refractivity contribution in [3.63, 3.8) is 0 Å². The molecule has 124 valence electrons. The van der Waals surface area contributed by atoms with Gasteiger partial charge in [-0.15, -0.1) is 0 Å². The molecule has 24 heavy (non-hydrogen) atoms. The van der Waals surface area contributed by atoms with Crippen LogP contribution >= 0.6 is 0 Å². The first-order chi connectivity index (χ1) is 11.2. The minimum Gasteiger partial charge on any atom is -0.280 e. The van der Waals surface area contributed by atoms with E-state index in [9.17, 15) is 22.8 Å². The first-order valence-corrected chi connectivity index (χ1v) is 6.94. The lowest BCUT2D eigenvalue weighted by Crippen LogP contribution is -2.37. The molecule has 2 aromatic heterocycles. The van der Waals surface area contributed by atoms with Crippen LogP contribution in [0.15, 0.2) is 46.0 Å². The normalized spacial score (nSPS) is 11.9. The van der Waals surface area contributed by atoms with E-state index >= 15 is 0 Å². The quantitative estimate of drug-likeness (QED) is 0.686. The minimum atomic E-state index is -4.41. The van der Waals surface area contributed by atoms with Gasteiger partial charge < -0.3 is 0 Å². The standard InChI is InChI=1S/C16H12F3N3O2/c1-21-13-11(14(23)22(2)15(21)24)7-8-12(20-13)9-3-5-10(6-4-9)16(17,18)19/h3-8H,1-2H3. The van der Waals surface area contributed by atoms with Crippen molar-refractivity contribution in [1.29, 1.82) is 0 Å². The van der Waals surface area contributed by atoms with Gasteiger partial charge in [0, 0.05) is 19.7 Å². The summed E-state index contributed by atoms with van der Waals surface area (Å²) in [6, 6.07) is 7.58. The van der Waals surface area contributed by atoms with E-state index in [2.05, 4.69) is 4.98 Å². The molecule has 0 aliphatic carbocycles. The van der Waals surface area contributed by atoms with E-state index in [0.29, 0.717) is 11.3 Å². The Morgan fingerprint density at radius 3 is 2.12 bits per heavy atom. The number of hydrogen-bond acceptors (Lipinski definition) is 3. The summed E-state index contributed by atoms with van der Waals surface area (Å²) in [4.78, 5) is 28.3. The van der Waals surface area contributed by atoms with Gasteiger partial charge in [0.15, 0.2) is 0 Å². The van der Waals surface area contributed by atoms with Gasteiger partial charge in [0.25, 0.3) is 5.56 Å². The Morgan fingerprint density at radius 1 is 0.917 bits per heavy atom. The monoisotopic (exact) mass is 335 g/mol. The maximum atomic E-state index is 12.6. The number of alkyl halides is 3. The van der Waals surface area contributed by atoms with E-state index < -0.39 is 23.0 Å². The van der Waals surface area contributed by atoms with E-state index in [0.717, 1.165) is 16.7 Å². The molecule has 0 aliphatic rings. The summed E-state index contributed by atoms with van der Waals surface area (Å²) in [6.07, 6.45) is -4.41. The molecular formula is C16H12F3N3O2. The van der Waals surface area contributed by atoms with Crippen LogP contribution in [0.2, 0.25) is 0 Å². The lowest BCUT2D eigenvalue weighted by atomic mass is 10.1. The summed E-state index contributed by atoms with van der Waals surface area (Å²) < 4.78 is 40.1. The van der Waals surface area contributed by atoms with Gasteiger partial charge in [-0.05, 0) is 24.3 Å². The van der Waals surface area contributed by atoms with Crippen molar-refractivity contribution >= 4 is 11.0 Å². The molecule has 0 unspecified atom stereocenters. The van der Waals surface area contributed by atoms with Crippen molar-refractivity contribution < 1.29 is 13.2 Å². The van der Waals surface area contributed by atoms with E-state index in [1.54, 1.807) is 0 Å². The highest BCUT2D eigenvalue weighted by Gasteiger charge is 2.30. The van der Waals surface area contributed by atoms with Gasteiger partial charge in [-0.25, -0.2) is 9.78 Å². The third-order valence-corrected chi connectivity index (χ3v) is 3.81. The van der Waals surface area contributed by atoms with Gasteiger partial charge in [-0.2, -0.15) is 13.2 Å². The Balaban J connectivity index is 2.19. The van der Waals surface area contributed by atoms with Crippen molar-refractivity contribution in [2.24, 2.45) is 14.1 Å². The predicted molar refractivity (Wildman–Crippen MR) is 82.7 cm³/mol. The van der Waals surface area contributed by atoms with Crippen molar-refractivity contribution in [3.8, 4) is 11.3 Å². The summed E-state index contributed by atoms with van der Waals surface area (Å²) in [6.45, 7) is 0. The molecule has 0 spiro atoms. The van der Waals surface area contributed by atoms with Gasteiger partial charge in [-0.3, -0.25) is 13.9 Å². The van der Waals surface area contributed by atoms with Crippen LogP contribution in [-0.4, -0.2) is 14.1 Å². The Kier molecular flexibility index (Phi) is 3.55. The van der Waals surface area contributed by atoms with E-state index in [-0.39, 0.29) is 11.0 Å². The molecule has 2 heterocycles. The molecule has 1 aromatic carbocycles. The highest BCUT2D eigenvalue weighted by atomic mass is 19.4. The molecular weight excluding hydrogens is 323 g/mol. The first-order valence-electron chi connectivity index (χ1n) is 6.94. The number of rotatable bonds is 1. The first kappa shape index (κ1) is 16.0. The number of fused-ring (bicyclic) bond motifs is 1. The molecule has 0 saturated heterocycles. The lowest BCUT2D eigenvalue weighted by molar-refractivity contribution is -0.137. The average molecular weight is 335 g/mol. The fourth-order valence-electron chi connectivity index (χ4n) is 2.44. The number of nitrogens with zero attached hydrogens (tertiary/aromatic N) is 3. The molecule has 0 radical (unpaired) electrons. The van der Waals surface area contributed by atoms with Crippen LogP contribution < -0.4 is 11.2 Å². The molecule has 3 rings (SSSR count). The average Bonchev–Trinajstić information content (AvgIpc) is 2.57. The maximum Gasteiger partial charge on any atom is 0.416 e. The second-order valence-corrected chi connectivity index (χ2v) is 5.35. The summed E-state index contributed by atoms with van der Waals surface area (Å²) in [5.74, 6) is 0. The molecule has 5 nitrogen and oxygen atoms in total. The molecule has 0 N–H and O–H groups in total. The highest BCUT2D eigenvalue weighted by Crippen LogP contribution is 2.30. The van der Waals surface area contributed by atoms with Crippen molar-refractivity contribution in [3.05, 3.63) is 62.8 Å². The molecule has 0 fully saturated rings. The Labute approximate surface area is 133 Å². The second-order valence-electron chi connectivity index (χ2n) is 5.35. The Bertz CT molecular complexity index is 1050. The molecule has 0 bridgehead atoms. The third kappa shape index (κ3) is 2.49. The number of aromatic nitrogens is 3. The fourth-order valence-corrected chi connectivity index (χ4v) is 2.44. The number of benzene rings is 1. The fraction of sp³-hybridized carbons (Fsp3) is 0.188. The third-order valence-electron chi connectivity index (χ3n) is 3.81. The number of aryl methyl sites for hydroxylation is 1. The van der Waals surface area contributed by atoms with Crippen LogP contribution in [0.3, 0.4) is 0 Å². The van der Waals surface area contributed by atoms with Crippen LogP contribution in [0.4, 0.5) is 13.2 Å². The SMILES string of the molecule is Cn1c(=O)c2ccc(-c3ccc(C(F)(F)F)cc3)nc2n(C)c1=O. The van der Waals surface area contributed by atoms with Crippen molar-refractivity contribution in [2.45, 2.75) is 6.18 Å². The second kappa shape index (κ2) is 5.33. The predicted octanol–water partition coefficient (Wildman–Crippen LogP) is 2.32. The van der Waals surface area contributed by atoms with Crippen LogP contribution in [-0.2, 0) is 20.3 Å². The number of hydrogen-bond donors (Lipinski definition) is 0. The van der Waals surface area contributed by atoms with Gasteiger partial charge in [-0.1, -0.05) is 12.1 Å². The van der Waals surface area contributed by atoms with Crippen LogP contribution in [0, 0.1) is 0 Å². The molecule has 0 saturated carbocycles. The van der Waals surface area contributed by atoms with Crippen LogP contribution in [0.5, 0.6) is 0 Å². The maximum absolute atomic E-state index is 12.6. The zero-order valence-electron chi connectivity index (χ0n) is 12.8. The molecule has 0 amide bonds. The van der Waals surface area contributed by atoms with Crippen LogP contribution in [0.25, 0.3) is 22.3 Å². The van der Waals surface area contributed by atoms with Gasteiger partial charge >= 0.3 is 11.9 Å². The minimum absolute atomic E-state index is 0.181. The van der Waals surface area contributed by atoms with Gasteiger partial charge in [0.1, 0.15) is 5.65 Å². The molecule has 3 aromatic rings. The van der Waals surface area contributed by atoms with E-state index in [1.165, 1.54) is 42.9 Å². The van der Waals surface area contributed by atoms with Crippen molar-refractivity contribution in [2.75, 3.05) is 0 Å². The topological polar surface area (TPSA) is 56.9 Å². The molecule has 0 aliphatic heterocycles. The number of halogens is 3. The zero-order chi connectivity index (χ0) is 17.6. The van der Waals surface area contributed by atoms with E-state index in [1.807, 2.05) is 0 Å².